The van der Waals surface area contributed by atoms with Crippen LogP contribution < -0.4 is 10.5 Å². The number of nitrogens with one attached hydrogen (secondary N) is 1. The minimum absolute atomic E-state index is 0.152. The van der Waals surface area contributed by atoms with Crippen molar-refractivity contribution < 1.29 is 8.42 Å². The van der Waals surface area contributed by atoms with Crippen LogP contribution in [0, 0.1) is 0 Å². The topological polar surface area (TPSA) is 72.2 Å². The lowest BCUT2D eigenvalue weighted by Gasteiger charge is -2.09. The monoisotopic (exact) mass is 458 g/mol. The first kappa shape index (κ1) is 16.3. The molecule has 0 radical (unpaired) electrons. The molecule has 0 aliphatic heterocycles. The molecule has 0 saturated carbocycles. The van der Waals surface area contributed by atoms with E-state index in [2.05, 4.69) is 36.6 Å². The van der Waals surface area contributed by atoms with Gasteiger partial charge in [0.1, 0.15) is 4.90 Å². The van der Waals surface area contributed by atoms with Crippen molar-refractivity contribution in [2.24, 2.45) is 5.73 Å². The van der Waals surface area contributed by atoms with E-state index in [1.807, 2.05) is 0 Å². The second-order valence-electron chi connectivity index (χ2n) is 3.78. The van der Waals surface area contributed by atoms with Crippen LogP contribution in [-0.2, 0) is 16.6 Å². The van der Waals surface area contributed by atoms with Gasteiger partial charge in [0.15, 0.2) is 0 Å². The Hall–Kier alpha value is -0.120. The molecular formula is C11H9Br2ClN2O2S2. The van der Waals surface area contributed by atoms with Gasteiger partial charge in [-0.3, -0.25) is 4.72 Å². The molecule has 3 N–H and O–H groups in total. The average molecular weight is 461 g/mol. The van der Waals surface area contributed by atoms with Crippen LogP contribution >= 0.6 is 54.8 Å². The Labute approximate surface area is 142 Å². The first-order chi connectivity index (χ1) is 9.33. The average Bonchev–Trinajstić information content (AvgIpc) is 2.76. The molecule has 0 spiro atoms. The summed E-state index contributed by atoms with van der Waals surface area (Å²) in [6.07, 6.45) is 0. The Kier molecular flexibility index (Phi) is 5.14. The van der Waals surface area contributed by atoms with E-state index in [1.54, 1.807) is 24.3 Å². The molecule has 9 heteroatoms. The molecule has 20 heavy (non-hydrogen) atoms. The molecule has 0 aliphatic carbocycles. The van der Waals surface area contributed by atoms with E-state index in [1.165, 1.54) is 11.3 Å². The maximum Gasteiger partial charge on any atom is 0.263 e. The zero-order valence-corrected chi connectivity index (χ0v) is 15.4. The van der Waals surface area contributed by atoms with Crippen LogP contribution in [0.3, 0.4) is 0 Å². The molecule has 2 aromatic rings. The summed E-state index contributed by atoms with van der Waals surface area (Å²) in [6, 6.07) is 6.48. The fourth-order valence-electron chi connectivity index (χ4n) is 1.46. The molecule has 4 nitrogen and oxygen atoms in total. The molecule has 1 aromatic heterocycles. The molecule has 0 bridgehead atoms. The maximum absolute atomic E-state index is 12.4. The summed E-state index contributed by atoms with van der Waals surface area (Å²) in [4.78, 5) is 0.927. The number of sulfonamides is 1. The number of nitrogens with two attached hydrogens (primary N) is 1. The number of anilines is 1. The standard InChI is InChI=1S/C11H9Br2ClN2O2S2/c12-6-1-2-8(14)9(3-6)16-20(17,18)10-4-7(5-15)19-11(10)13/h1-4,16H,5,15H2. The number of hydrogen-bond donors (Lipinski definition) is 2. The van der Waals surface area contributed by atoms with E-state index in [9.17, 15) is 8.42 Å². The van der Waals surface area contributed by atoms with Crippen molar-refractivity contribution in [3.8, 4) is 0 Å². The Morgan fingerprint density at radius 1 is 1.30 bits per heavy atom. The van der Waals surface area contributed by atoms with Gasteiger partial charge in [0.25, 0.3) is 10.0 Å². The lowest BCUT2D eigenvalue weighted by atomic mass is 10.3. The first-order valence-electron chi connectivity index (χ1n) is 5.29. The Morgan fingerprint density at radius 3 is 2.60 bits per heavy atom. The first-order valence-corrected chi connectivity index (χ1v) is 9.56. The van der Waals surface area contributed by atoms with Gasteiger partial charge in [-0.1, -0.05) is 27.5 Å². The second kappa shape index (κ2) is 6.33. The lowest BCUT2D eigenvalue weighted by Crippen LogP contribution is -2.13. The molecule has 108 valence electrons. The summed E-state index contributed by atoms with van der Waals surface area (Å²) in [6.45, 7) is 0.288. The highest BCUT2D eigenvalue weighted by molar-refractivity contribution is 9.11. The van der Waals surface area contributed by atoms with Crippen LogP contribution in [0.4, 0.5) is 5.69 Å². The van der Waals surface area contributed by atoms with Crippen LogP contribution in [0.15, 0.2) is 37.4 Å². The van der Waals surface area contributed by atoms with Crippen LogP contribution in [0.1, 0.15) is 4.88 Å². The van der Waals surface area contributed by atoms with Crippen molar-refractivity contribution in [2.75, 3.05) is 4.72 Å². The van der Waals surface area contributed by atoms with E-state index in [4.69, 9.17) is 17.3 Å². The summed E-state index contributed by atoms with van der Waals surface area (Å²) in [5.74, 6) is 0. The highest BCUT2D eigenvalue weighted by Gasteiger charge is 2.21. The predicted octanol–water partition coefficient (Wildman–Crippen LogP) is 4.19. The largest absolute Gasteiger partial charge is 0.326 e. The van der Waals surface area contributed by atoms with Crippen molar-refractivity contribution in [3.05, 3.63) is 42.4 Å². The van der Waals surface area contributed by atoms with E-state index in [0.717, 1.165) is 9.35 Å². The number of halogens is 3. The number of benzene rings is 1. The van der Waals surface area contributed by atoms with Gasteiger partial charge in [0.05, 0.1) is 14.5 Å². The van der Waals surface area contributed by atoms with Gasteiger partial charge in [0, 0.05) is 15.9 Å². The second-order valence-corrected chi connectivity index (χ2v) is 9.21. The molecule has 0 aliphatic rings. The summed E-state index contributed by atoms with van der Waals surface area (Å²) in [5.41, 5.74) is 5.83. The highest BCUT2D eigenvalue weighted by atomic mass is 79.9. The van der Waals surface area contributed by atoms with Crippen molar-refractivity contribution in [2.45, 2.75) is 11.4 Å². The minimum Gasteiger partial charge on any atom is -0.326 e. The number of thiophene rings is 1. The van der Waals surface area contributed by atoms with E-state index >= 15 is 0 Å². The predicted molar refractivity (Wildman–Crippen MR) is 89.9 cm³/mol. The highest BCUT2D eigenvalue weighted by Crippen LogP contribution is 2.34. The summed E-state index contributed by atoms with van der Waals surface area (Å²) in [7, 11) is -3.72. The summed E-state index contributed by atoms with van der Waals surface area (Å²) >= 11 is 13.8. The smallest absolute Gasteiger partial charge is 0.263 e. The number of rotatable bonds is 4. The van der Waals surface area contributed by atoms with E-state index in [-0.39, 0.29) is 11.4 Å². The minimum atomic E-state index is -3.72. The van der Waals surface area contributed by atoms with Gasteiger partial charge in [-0.2, -0.15) is 0 Å². The van der Waals surface area contributed by atoms with Crippen molar-refractivity contribution in [3.63, 3.8) is 0 Å². The zero-order valence-electron chi connectivity index (χ0n) is 9.86. The van der Waals surface area contributed by atoms with Crippen molar-refractivity contribution in [1.82, 2.24) is 0 Å². The van der Waals surface area contributed by atoms with E-state index < -0.39 is 10.0 Å². The summed E-state index contributed by atoms with van der Waals surface area (Å²) in [5, 5.41) is 0.321. The normalized spacial score (nSPS) is 11.6. The molecule has 2 rings (SSSR count). The SMILES string of the molecule is NCc1cc(S(=O)(=O)Nc2cc(Br)ccc2Cl)c(Br)s1. The Morgan fingerprint density at radius 2 is 2.00 bits per heavy atom. The molecule has 0 unspecified atom stereocenters. The zero-order chi connectivity index (χ0) is 14.9. The fraction of sp³-hybridized carbons (Fsp3) is 0.0909. The van der Waals surface area contributed by atoms with Gasteiger partial charge in [-0.05, 0) is 40.2 Å². The maximum atomic E-state index is 12.4. The third-order valence-corrected chi connectivity index (χ3v) is 6.83. The van der Waals surface area contributed by atoms with Crippen LogP contribution in [0.5, 0.6) is 0 Å². The van der Waals surface area contributed by atoms with Gasteiger partial charge in [0.2, 0.25) is 0 Å². The molecule has 0 atom stereocenters. The quantitative estimate of drug-likeness (QED) is 0.719. The molecule has 1 aromatic carbocycles. The lowest BCUT2D eigenvalue weighted by molar-refractivity contribution is 0.601. The van der Waals surface area contributed by atoms with Crippen LogP contribution in [0.25, 0.3) is 0 Å². The summed E-state index contributed by atoms with van der Waals surface area (Å²) < 4.78 is 28.4. The van der Waals surface area contributed by atoms with Crippen molar-refractivity contribution >= 4 is 70.5 Å². The Bertz CT molecular complexity index is 747. The van der Waals surface area contributed by atoms with Gasteiger partial charge in [-0.25, -0.2) is 8.42 Å². The Balaban J connectivity index is 2.40. The van der Waals surface area contributed by atoms with Gasteiger partial charge in [-0.15, -0.1) is 11.3 Å². The van der Waals surface area contributed by atoms with Crippen molar-refractivity contribution in [1.29, 1.82) is 0 Å². The van der Waals surface area contributed by atoms with Gasteiger partial charge >= 0.3 is 0 Å². The van der Waals surface area contributed by atoms with Crippen LogP contribution in [0.2, 0.25) is 5.02 Å². The number of hydrogen-bond acceptors (Lipinski definition) is 4. The third kappa shape index (κ3) is 3.55. The molecular weight excluding hydrogens is 452 g/mol. The van der Waals surface area contributed by atoms with E-state index in [0.29, 0.717) is 14.5 Å². The van der Waals surface area contributed by atoms with Gasteiger partial charge < -0.3 is 5.73 Å². The molecule has 0 fully saturated rings. The molecule has 0 amide bonds. The molecule has 0 saturated heterocycles. The van der Waals surface area contributed by atoms with Crippen LogP contribution in [-0.4, -0.2) is 8.42 Å². The fourth-order valence-corrected chi connectivity index (χ4v) is 5.67. The third-order valence-electron chi connectivity index (χ3n) is 2.37. The molecule has 1 heterocycles.